The van der Waals surface area contributed by atoms with E-state index in [0.29, 0.717) is 0 Å². The second-order valence-electron chi connectivity index (χ2n) is 6.49. The summed E-state index contributed by atoms with van der Waals surface area (Å²) >= 11 is 0. The molecular weight excluding hydrogens is 304 g/mol. The standard InChI is InChI=1S/C23H26N2/c1-6-10-19-14-15-23(25(5)18(19)3)21-12-9-11-20(17(21)2)22-13-7-8-16-24(22)4/h6-16H,1-5H3/q+2. The van der Waals surface area contributed by atoms with Crippen LogP contribution in [0, 0.1) is 13.8 Å². The van der Waals surface area contributed by atoms with Crippen molar-refractivity contribution in [2.75, 3.05) is 0 Å². The molecule has 0 spiro atoms. The molecular formula is C23H26N2+2. The molecule has 0 fully saturated rings. The highest BCUT2D eigenvalue weighted by Gasteiger charge is 2.20. The van der Waals surface area contributed by atoms with Crippen LogP contribution in [0.15, 0.2) is 60.8 Å². The van der Waals surface area contributed by atoms with Crippen molar-refractivity contribution in [3.63, 3.8) is 0 Å². The summed E-state index contributed by atoms with van der Waals surface area (Å²) in [5.41, 5.74) is 8.85. The molecule has 0 unspecified atom stereocenters. The molecule has 0 atom stereocenters. The molecule has 0 saturated heterocycles. The Bertz CT molecular complexity index is 952. The molecule has 3 aromatic rings. The smallest absolute Gasteiger partial charge is 0.201 e. The van der Waals surface area contributed by atoms with Crippen LogP contribution in [0.3, 0.4) is 0 Å². The molecule has 0 N–H and O–H groups in total. The quantitative estimate of drug-likeness (QED) is 0.632. The van der Waals surface area contributed by atoms with Gasteiger partial charge in [-0.05, 0) is 43.7 Å². The lowest BCUT2D eigenvalue weighted by molar-refractivity contribution is -0.666. The van der Waals surface area contributed by atoms with Crippen molar-refractivity contribution in [3.8, 4) is 22.5 Å². The Morgan fingerprint density at radius 1 is 0.800 bits per heavy atom. The minimum Gasteiger partial charge on any atom is -0.201 e. The highest BCUT2D eigenvalue weighted by molar-refractivity contribution is 5.73. The fourth-order valence-corrected chi connectivity index (χ4v) is 3.40. The molecule has 0 bridgehead atoms. The predicted molar refractivity (Wildman–Crippen MR) is 104 cm³/mol. The van der Waals surface area contributed by atoms with Gasteiger partial charge in [-0.1, -0.05) is 18.2 Å². The maximum absolute atomic E-state index is 2.28. The lowest BCUT2D eigenvalue weighted by Crippen LogP contribution is -2.35. The molecule has 0 radical (unpaired) electrons. The maximum atomic E-state index is 2.28. The Hall–Kier alpha value is -2.74. The lowest BCUT2D eigenvalue weighted by atomic mass is 9.96. The molecule has 3 rings (SSSR count). The van der Waals surface area contributed by atoms with Gasteiger partial charge in [0.05, 0.1) is 0 Å². The minimum atomic E-state index is 1.23. The fraction of sp³-hybridized carbons (Fsp3) is 0.217. The Balaban J connectivity index is 2.19. The molecule has 2 heteroatoms. The van der Waals surface area contributed by atoms with E-state index in [-0.39, 0.29) is 0 Å². The van der Waals surface area contributed by atoms with Crippen molar-refractivity contribution >= 4 is 6.08 Å². The zero-order valence-corrected chi connectivity index (χ0v) is 15.7. The number of aromatic nitrogens is 2. The fourth-order valence-electron chi connectivity index (χ4n) is 3.40. The number of pyridine rings is 2. The van der Waals surface area contributed by atoms with E-state index in [1.54, 1.807) is 0 Å². The monoisotopic (exact) mass is 330 g/mol. The van der Waals surface area contributed by atoms with Gasteiger partial charge in [-0.2, -0.15) is 4.57 Å². The SMILES string of the molecule is CC=Cc1ccc(-c2cccc(-c3cccc[n+]3C)c2C)[n+](C)c1C. The maximum Gasteiger partial charge on any atom is 0.212 e. The molecule has 2 aromatic heterocycles. The van der Waals surface area contributed by atoms with Crippen LogP contribution >= 0.6 is 0 Å². The van der Waals surface area contributed by atoms with Crippen molar-refractivity contribution in [1.82, 2.24) is 0 Å². The van der Waals surface area contributed by atoms with Gasteiger partial charge in [-0.25, -0.2) is 4.57 Å². The van der Waals surface area contributed by atoms with Gasteiger partial charge in [-0.3, -0.25) is 0 Å². The summed E-state index contributed by atoms with van der Waals surface area (Å²) in [4.78, 5) is 0. The molecule has 25 heavy (non-hydrogen) atoms. The second kappa shape index (κ2) is 7.02. The number of aryl methyl sites for hydroxylation is 1. The zero-order valence-electron chi connectivity index (χ0n) is 15.7. The second-order valence-corrected chi connectivity index (χ2v) is 6.49. The first-order chi connectivity index (χ1) is 12.0. The lowest BCUT2D eigenvalue weighted by Gasteiger charge is -2.11. The molecule has 1 aromatic carbocycles. The Labute approximate surface area is 150 Å². The van der Waals surface area contributed by atoms with Crippen LogP contribution in [0.5, 0.6) is 0 Å². The van der Waals surface area contributed by atoms with E-state index in [0.717, 1.165) is 0 Å². The van der Waals surface area contributed by atoms with Gasteiger partial charge in [0.15, 0.2) is 11.9 Å². The Morgan fingerprint density at radius 2 is 1.52 bits per heavy atom. The van der Waals surface area contributed by atoms with Crippen LogP contribution < -0.4 is 9.13 Å². The summed E-state index contributed by atoms with van der Waals surface area (Å²) in [6, 6.07) is 17.3. The zero-order chi connectivity index (χ0) is 18.0. The van der Waals surface area contributed by atoms with E-state index < -0.39 is 0 Å². The first-order valence-electron chi connectivity index (χ1n) is 8.72. The van der Waals surface area contributed by atoms with Crippen LogP contribution in [-0.4, -0.2) is 0 Å². The van der Waals surface area contributed by atoms with Gasteiger partial charge in [-0.15, -0.1) is 0 Å². The summed E-state index contributed by atoms with van der Waals surface area (Å²) in [7, 11) is 4.24. The number of hydrogen-bond acceptors (Lipinski definition) is 0. The predicted octanol–water partition coefficient (Wildman–Crippen LogP) is 4.32. The van der Waals surface area contributed by atoms with Gasteiger partial charge in [0.25, 0.3) is 0 Å². The third-order valence-electron chi connectivity index (χ3n) is 4.99. The van der Waals surface area contributed by atoms with Gasteiger partial charge in [0.1, 0.15) is 14.1 Å². The summed E-state index contributed by atoms with van der Waals surface area (Å²) in [6.45, 7) is 6.45. The van der Waals surface area contributed by atoms with Crippen LogP contribution in [0.1, 0.15) is 23.7 Å². The molecule has 0 aliphatic rings. The normalized spacial score (nSPS) is 11.2. The minimum absolute atomic E-state index is 1.23. The van der Waals surface area contributed by atoms with E-state index >= 15 is 0 Å². The molecule has 126 valence electrons. The summed E-state index contributed by atoms with van der Waals surface area (Å²) in [5.74, 6) is 0. The number of benzene rings is 1. The van der Waals surface area contributed by atoms with E-state index in [9.17, 15) is 0 Å². The average molecular weight is 330 g/mol. The first-order valence-corrected chi connectivity index (χ1v) is 8.72. The third-order valence-corrected chi connectivity index (χ3v) is 4.99. The largest absolute Gasteiger partial charge is 0.212 e. The van der Waals surface area contributed by atoms with Crippen LogP contribution in [-0.2, 0) is 14.1 Å². The molecule has 0 aliphatic carbocycles. The third kappa shape index (κ3) is 3.12. The van der Waals surface area contributed by atoms with Crippen molar-refractivity contribution in [3.05, 3.63) is 77.6 Å². The van der Waals surface area contributed by atoms with Gasteiger partial charge in [0, 0.05) is 41.8 Å². The Morgan fingerprint density at radius 3 is 2.20 bits per heavy atom. The molecule has 2 heterocycles. The van der Waals surface area contributed by atoms with E-state index in [4.69, 9.17) is 0 Å². The Kier molecular flexibility index (Phi) is 4.80. The van der Waals surface area contributed by atoms with Gasteiger partial charge in [0.2, 0.25) is 11.4 Å². The molecule has 0 amide bonds. The molecule has 2 nitrogen and oxygen atoms in total. The molecule has 0 saturated carbocycles. The van der Waals surface area contributed by atoms with E-state index in [1.807, 2.05) is 0 Å². The van der Waals surface area contributed by atoms with E-state index in [2.05, 4.69) is 111 Å². The van der Waals surface area contributed by atoms with Gasteiger partial charge < -0.3 is 0 Å². The number of allylic oxidation sites excluding steroid dienone is 1. The van der Waals surface area contributed by atoms with Crippen molar-refractivity contribution in [2.24, 2.45) is 14.1 Å². The van der Waals surface area contributed by atoms with Gasteiger partial charge >= 0.3 is 0 Å². The van der Waals surface area contributed by atoms with Crippen molar-refractivity contribution in [1.29, 1.82) is 0 Å². The highest BCUT2D eigenvalue weighted by Crippen LogP contribution is 2.29. The number of rotatable bonds is 3. The summed E-state index contributed by atoms with van der Waals surface area (Å²) < 4.78 is 4.46. The first kappa shape index (κ1) is 17.1. The molecule has 0 aliphatic heterocycles. The number of hydrogen-bond donors (Lipinski definition) is 0. The topological polar surface area (TPSA) is 7.76 Å². The number of nitrogens with zero attached hydrogens (tertiary/aromatic N) is 2. The van der Waals surface area contributed by atoms with Crippen LogP contribution in [0.25, 0.3) is 28.6 Å². The highest BCUT2D eigenvalue weighted by atomic mass is 14.9. The average Bonchev–Trinajstić information content (AvgIpc) is 2.61. The van der Waals surface area contributed by atoms with Crippen molar-refractivity contribution in [2.45, 2.75) is 20.8 Å². The van der Waals surface area contributed by atoms with Crippen LogP contribution in [0.2, 0.25) is 0 Å². The summed E-state index contributed by atoms with van der Waals surface area (Å²) in [6.07, 6.45) is 6.34. The van der Waals surface area contributed by atoms with E-state index in [1.165, 1.54) is 39.3 Å². The van der Waals surface area contributed by atoms with Crippen molar-refractivity contribution < 1.29 is 9.13 Å². The summed E-state index contributed by atoms with van der Waals surface area (Å²) in [5, 5.41) is 0. The van der Waals surface area contributed by atoms with Crippen LogP contribution in [0.4, 0.5) is 0 Å².